The summed E-state index contributed by atoms with van der Waals surface area (Å²) in [5, 5.41) is 6.70. The summed E-state index contributed by atoms with van der Waals surface area (Å²) >= 11 is 0. The van der Waals surface area contributed by atoms with E-state index >= 15 is 0 Å². The molecule has 3 heterocycles. The second kappa shape index (κ2) is 5.45. The number of carbonyl (C=O) groups is 1. The third-order valence-electron chi connectivity index (χ3n) is 4.30. The van der Waals surface area contributed by atoms with Crippen molar-refractivity contribution in [3.05, 3.63) is 0 Å². The Morgan fingerprint density at radius 2 is 2.11 bits per heavy atom. The zero-order valence-corrected chi connectivity index (χ0v) is 10.9. The van der Waals surface area contributed by atoms with Crippen molar-refractivity contribution in [1.29, 1.82) is 0 Å². The number of hydrogen-bond acceptors (Lipinski definition) is 3. The molecule has 0 radical (unpaired) electrons. The van der Waals surface area contributed by atoms with Crippen LogP contribution in [0.3, 0.4) is 0 Å². The van der Waals surface area contributed by atoms with E-state index in [0.29, 0.717) is 18.7 Å². The lowest BCUT2D eigenvalue weighted by molar-refractivity contribution is 0.0705. The van der Waals surface area contributed by atoms with Crippen molar-refractivity contribution < 1.29 is 9.53 Å². The number of nitrogens with one attached hydrogen (secondary N) is 2. The van der Waals surface area contributed by atoms with Gasteiger partial charge in [0, 0.05) is 31.8 Å². The Morgan fingerprint density at radius 3 is 2.94 bits per heavy atom. The zero-order chi connectivity index (χ0) is 12.4. The fourth-order valence-electron chi connectivity index (χ4n) is 3.25. The van der Waals surface area contributed by atoms with Crippen LogP contribution in [0.2, 0.25) is 0 Å². The first kappa shape index (κ1) is 12.2. The summed E-state index contributed by atoms with van der Waals surface area (Å²) in [6.07, 6.45) is 5.67. The molecule has 5 heteroatoms. The predicted molar refractivity (Wildman–Crippen MR) is 68.5 cm³/mol. The van der Waals surface area contributed by atoms with Crippen LogP contribution < -0.4 is 10.6 Å². The van der Waals surface area contributed by atoms with Gasteiger partial charge in [-0.3, -0.25) is 0 Å². The average Bonchev–Trinajstić information content (AvgIpc) is 2.70. The van der Waals surface area contributed by atoms with Crippen LogP contribution >= 0.6 is 0 Å². The van der Waals surface area contributed by atoms with E-state index in [4.69, 9.17) is 4.74 Å². The molecular weight excluding hydrogens is 230 g/mol. The molecular formula is C13H23N3O2. The van der Waals surface area contributed by atoms with E-state index in [9.17, 15) is 4.79 Å². The molecule has 3 rings (SSSR count). The molecule has 3 aliphatic rings. The standard InChI is InChI=1S/C13H23N3O2/c17-13(15-12-2-1-7-18-9-12)16-6-5-10-3-4-11(8-16)14-10/h10-12,14H,1-9H2,(H,15,17)/t10?,11?,12-/m0/s1. The molecule has 5 nitrogen and oxygen atoms in total. The van der Waals surface area contributed by atoms with Crippen molar-refractivity contribution in [3.63, 3.8) is 0 Å². The molecule has 2 amide bonds. The number of carbonyl (C=O) groups excluding carboxylic acids is 1. The minimum Gasteiger partial charge on any atom is -0.379 e. The minimum absolute atomic E-state index is 0.0971. The van der Waals surface area contributed by atoms with Gasteiger partial charge in [-0.15, -0.1) is 0 Å². The van der Waals surface area contributed by atoms with E-state index in [0.717, 1.165) is 39.0 Å². The highest BCUT2D eigenvalue weighted by Gasteiger charge is 2.31. The summed E-state index contributed by atoms with van der Waals surface area (Å²) in [6, 6.07) is 1.44. The van der Waals surface area contributed by atoms with E-state index in [2.05, 4.69) is 10.6 Å². The summed E-state index contributed by atoms with van der Waals surface area (Å²) in [5.74, 6) is 0. The first-order valence-corrected chi connectivity index (χ1v) is 7.20. The number of likely N-dealkylation sites (tertiary alicyclic amines) is 1. The predicted octanol–water partition coefficient (Wildman–Crippen LogP) is 0.701. The van der Waals surface area contributed by atoms with Gasteiger partial charge in [0.05, 0.1) is 12.6 Å². The van der Waals surface area contributed by atoms with E-state index < -0.39 is 0 Å². The van der Waals surface area contributed by atoms with Crippen LogP contribution in [-0.2, 0) is 4.74 Å². The molecule has 2 N–H and O–H groups in total. The Labute approximate surface area is 108 Å². The Bertz CT molecular complexity index is 305. The van der Waals surface area contributed by atoms with Gasteiger partial charge < -0.3 is 20.3 Å². The first-order chi connectivity index (χ1) is 8.81. The fraction of sp³-hybridized carbons (Fsp3) is 0.923. The molecule has 3 atom stereocenters. The molecule has 0 aromatic rings. The molecule has 2 bridgehead atoms. The number of fused-ring (bicyclic) bond motifs is 2. The fourth-order valence-corrected chi connectivity index (χ4v) is 3.25. The van der Waals surface area contributed by atoms with Crippen LogP contribution in [0.25, 0.3) is 0 Å². The number of rotatable bonds is 1. The number of urea groups is 1. The smallest absolute Gasteiger partial charge is 0.317 e. The summed E-state index contributed by atoms with van der Waals surface area (Å²) in [7, 11) is 0. The van der Waals surface area contributed by atoms with E-state index in [1.165, 1.54) is 12.8 Å². The third kappa shape index (κ3) is 2.78. The van der Waals surface area contributed by atoms with Crippen LogP contribution in [0.5, 0.6) is 0 Å². The topological polar surface area (TPSA) is 53.6 Å². The van der Waals surface area contributed by atoms with Gasteiger partial charge in [0.2, 0.25) is 0 Å². The van der Waals surface area contributed by atoms with Crippen LogP contribution in [0.15, 0.2) is 0 Å². The average molecular weight is 253 g/mol. The SMILES string of the molecule is O=C(N[C@H]1CCCOC1)N1CCC2CCC(C1)N2. The Balaban J connectivity index is 1.52. The monoisotopic (exact) mass is 253 g/mol. The molecule has 3 saturated heterocycles. The molecule has 3 aliphatic heterocycles. The summed E-state index contributed by atoms with van der Waals surface area (Å²) < 4.78 is 5.40. The molecule has 3 fully saturated rings. The van der Waals surface area contributed by atoms with E-state index in [1.807, 2.05) is 4.90 Å². The lowest BCUT2D eigenvalue weighted by Crippen LogP contribution is -2.49. The number of amides is 2. The maximum atomic E-state index is 12.2. The van der Waals surface area contributed by atoms with Gasteiger partial charge in [-0.05, 0) is 32.1 Å². The van der Waals surface area contributed by atoms with E-state index in [1.54, 1.807) is 0 Å². The Morgan fingerprint density at radius 1 is 1.22 bits per heavy atom. The van der Waals surface area contributed by atoms with Gasteiger partial charge in [-0.1, -0.05) is 0 Å². The summed E-state index contributed by atoms with van der Waals surface area (Å²) in [6.45, 7) is 3.25. The van der Waals surface area contributed by atoms with Crippen molar-refractivity contribution >= 4 is 6.03 Å². The van der Waals surface area contributed by atoms with Crippen LogP contribution in [0, 0.1) is 0 Å². The van der Waals surface area contributed by atoms with Gasteiger partial charge in [0.15, 0.2) is 0 Å². The minimum atomic E-state index is 0.0971. The normalized spacial score (nSPS) is 36.2. The van der Waals surface area contributed by atoms with Gasteiger partial charge in [-0.2, -0.15) is 0 Å². The molecule has 102 valence electrons. The first-order valence-electron chi connectivity index (χ1n) is 7.20. The number of hydrogen-bond donors (Lipinski definition) is 2. The summed E-state index contributed by atoms with van der Waals surface area (Å²) in [5.41, 5.74) is 0. The van der Waals surface area contributed by atoms with Gasteiger partial charge in [0.1, 0.15) is 0 Å². The second-order valence-electron chi connectivity index (χ2n) is 5.74. The maximum Gasteiger partial charge on any atom is 0.317 e. The zero-order valence-electron chi connectivity index (χ0n) is 10.9. The number of ether oxygens (including phenoxy) is 1. The Kier molecular flexibility index (Phi) is 3.70. The molecule has 18 heavy (non-hydrogen) atoms. The highest BCUT2D eigenvalue weighted by atomic mass is 16.5. The van der Waals surface area contributed by atoms with Crippen molar-refractivity contribution in [2.75, 3.05) is 26.3 Å². The van der Waals surface area contributed by atoms with E-state index in [-0.39, 0.29) is 12.1 Å². The largest absolute Gasteiger partial charge is 0.379 e. The van der Waals surface area contributed by atoms with Crippen molar-refractivity contribution in [2.45, 2.75) is 50.2 Å². The Hall–Kier alpha value is -0.810. The molecule has 0 aromatic carbocycles. The maximum absolute atomic E-state index is 12.2. The molecule has 2 unspecified atom stereocenters. The van der Waals surface area contributed by atoms with Crippen LogP contribution in [-0.4, -0.2) is 55.4 Å². The van der Waals surface area contributed by atoms with Crippen molar-refractivity contribution in [3.8, 4) is 0 Å². The third-order valence-corrected chi connectivity index (χ3v) is 4.30. The molecule has 0 aromatic heterocycles. The van der Waals surface area contributed by atoms with Crippen molar-refractivity contribution in [1.82, 2.24) is 15.5 Å². The molecule has 0 saturated carbocycles. The molecule has 0 aliphatic carbocycles. The second-order valence-corrected chi connectivity index (χ2v) is 5.74. The lowest BCUT2D eigenvalue weighted by Gasteiger charge is -2.29. The van der Waals surface area contributed by atoms with Gasteiger partial charge in [-0.25, -0.2) is 4.79 Å². The molecule has 0 spiro atoms. The lowest BCUT2D eigenvalue weighted by atomic mass is 10.1. The quantitative estimate of drug-likeness (QED) is 0.723. The highest BCUT2D eigenvalue weighted by Crippen LogP contribution is 2.20. The summed E-state index contributed by atoms with van der Waals surface area (Å²) in [4.78, 5) is 14.2. The van der Waals surface area contributed by atoms with Crippen molar-refractivity contribution in [2.24, 2.45) is 0 Å². The van der Waals surface area contributed by atoms with Gasteiger partial charge >= 0.3 is 6.03 Å². The number of nitrogens with zero attached hydrogens (tertiary/aromatic N) is 1. The van der Waals surface area contributed by atoms with Gasteiger partial charge in [0.25, 0.3) is 0 Å². The van der Waals surface area contributed by atoms with Crippen LogP contribution in [0.1, 0.15) is 32.1 Å². The van der Waals surface area contributed by atoms with Crippen LogP contribution in [0.4, 0.5) is 4.79 Å². The highest BCUT2D eigenvalue weighted by molar-refractivity contribution is 5.74.